The third kappa shape index (κ3) is 5.12. The fraction of sp³-hybridized carbons (Fsp3) is 0.529. The van der Waals surface area contributed by atoms with Gasteiger partial charge in [-0.2, -0.15) is 18.2 Å². The number of nitrogens with zero attached hydrogens (tertiary/aromatic N) is 3. The second-order valence-corrected chi connectivity index (χ2v) is 7.38. The Hall–Kier alpha value is -2.36. The predicted molar refractivity (Wildman–Crippen MR) is 92.0 cm³/mol. The third-order valence-corrected chi connectivity index (χ3v) is 4.53. The van der Waals surface area contributed by atoms with E-state index in [9.17, 15) is 18.0 Å². The number of rotatable bonds is 7. The fourth-order valence-electron chi connectivity index (χ4n) is 2.75. The highest BCUT2D eigenvalue weighted by molar-refractivity contribution is 6.32. The van der Waals surface area contributed by atoms with Gasteiger partial charge in [0.15, 0.2) is 12.4 Å². The highest BCUT2D eigenvalue weighted by atomic mass is 35.5. The van der Waals surface area contributed by atoms with Crippen molar-refractivity contribution in [1.82, 2.24) is 20.4 Å². The van der Waals surface area contributed by atoms with E-state index in [1.807, 2.05) is 0 Å². The zero-order valence-electron chi connectivity index (χ0n) is 15.1. The molecule has 1 fully saturated rings. The van der Waals surface area contributed by atoms with Gasteiger partial charge >= 0.3 is 6.18 Å². The van der Waals surface area contributed by atoms with Crippen LogP contribution in [0.15, 0.2) is 16.8 Å². The lowest BCUT2D eigenvalue weighted by Crippen LogP contribution is -2.45. The van der Waals surface area contributed by atoms with Crippen LogP contribution in [0.2, 0.25) is 5.02 Å². The molecule has 0 spiro atoms. The number of aromatic nitrogens is 3. The first-order chi connectivity index (χ1) is 13.1. The largest absolute Gasteiger partial charge is 0.482 e. The summed E-state index contributed by atoms with van der Waals surface area (Å²) < 4.78 is 46.9. The average molecular weight is 419 g/mol. The molecule has 1 amide bonds. The van der Waals surface area contributed by atoms with Gasteiger partial charge in [0.05, 0.1) is 6.20 Å². The first kappa shape index (κ1) is 20.4. The Bertz CT molecular complexity index is 870. The van der Waals surface area contributed by atoms with Gasteiger partial charge in [-0.3, -0.25) is 4.79 Å². The number of hydrogen-bond donors (Lipinski definition) is 1. The van der Waals surface area contributed by atoms with Crippen LogP contribution >= 0.6 is 11.6 Å². The van der Waals surface area contributed by atoms with Crippen LogP contribution in [0, 0.1) is 12.8 Å². The van der Waals surface area contributed by atoms with E-state index in [1.54, 1.807) is 13.8 Å². The third-order valence-electron chi connectivity index (χ3n) is 4.25. The molecule has 28 heavy (non-hydrogen) atoms. The van der Waals surface area contributed by atoms with E-state index in [-0.39, 0.29) is 16.5 Å². The first-order valence-electron chi connectivity index (χ1n) is 8.54. The summed E-state index contributed by atoms with van der Waals surface area (Å²) in [4.78, 5) is 20.8. The Balaban J connectivity index is 1.80. The highest BCUT2D eigenvalue weighted by Crippen LogP contribution is 2.40. The maximum atomic E-state index is 12.7. The summed E-state index contributed by atoms with van der Waals surface area (Å²) in [6.45, 7) is 1.88. The number of aryl methyl sites for hydroxylation is 1. The normalized spacial score (nSPS) is 16.5. The standard InChI is InChI=1S/C17H18ClF3N4O3/c1-9-23-15(25-28-9)16(2,6-10-3-4-10)24-14(26)12-5-13(11(18)7-22-12)27-8-17(19,20)21/h5,7,10H,3-4,6,8H2,1-2H3,(H,24,26)/t16-/m1/s1. The molecular formula is C17H18ClF3N4O3. The van der Waals surface area contributed by atoms with E-state index < -0.39 is 24.2 Å². The molecule has 2 heterocycles. The van der Waals surface area contributed by atoms with E-state index in [0.717, 1.165) is 25.1 Å². The SMILES string of the molecule is Cc1nc([C@@](C)(CC2CC2)NC(=O)c2cc(OCC(F)(F)F)c(Cl)cn2)no1. The molecule has 2 aromatic heterocycles. The zero-order valence-corrected chi connectivity index (χ0v) is 15.9. The van der Waals surface area contributed by atoms with Crippen molar-refractivity contribution in [1.29, 1.82) is 0 Å². The molecule has 1 saturated carbocycles. The number of alkyl halides is 3. The Morgan fingerprint density at radius 3 is 2.71 bits per heavy atom. The van der Waals surface area contributed by atoms with Gasteiger partial charge < -0.3 is 14.6 Å². The number of halogens is 4. The van der Waals surface area contributed by atoms with Crippen LogP contribution < -0.4 is 10.1 Å². The number of carbonyl (C=O) groups excluding carboxylic acids is 1. The van der Waals surface area contributed by atoms with Crippen LogP contribution in [-0.2, 0) is 5.54 Å². The van der Waals surface area contributed by atoms with Crippen LogP contribution in [0.5, 0.6) is 5.75 Å². The van der Waals surface area contributed by atoms with Crippen LogP contribution in [0.4, 0.5) is 13.2 Å². The van der Waals surface area contributed by atoms with Gasteiger partial charge in [-0.05, 0) is 19.3 Å². The van der Waals surface area contributed by atoms with E-state index >= 15 is 0 Å². The quantitative estimate of drug-likeness (QED) is 0.735. The number of amides is 1. The highest BCUT2D eigenvalue weighted by Gasteiger charge is 2.40. The minimum Gasteiger partial charge on any atom is -0.482 e. The van der Waals surface area contributed by atoms with Gasteiger partial charge in [-0.15, -0.1) is 0 Å². The molecule has 7 nitrogen and oxygen atoms in total. The summed E-state index contributed by atoms with van der Waals surface area (Å²) in [5.74, 6) is 0.219. The van der Waals surface area contributed by atoms with Crippen LogP contribution in [0.1, 0.15) is 48.4 Å². The Morgan fingerprint density at radius 1 is 1.43 bits per heavy atom. The second-order valence-electron chi connectivity index (χ2n) is 6.97. The Morgan fingerprint density at radius 2 is 2.14 bits per heavy atom. The molecule has 11 heteroatoms. The topological polar surface area (TPSA) is 90.1 Å². The molecular weight excluding hydrogens is 401 g/mol. The van der Waals surface area contributed by atoms with Crippen molar-refractivity contribution in [3.05, 3.63) is 34.7 Å². The van der Waals surface area contributed by atoms with Gasteiger partial charge in [0.1, 0.15) is 22.0 Å². The van der Waals surface area contributed by atoms with Gasteiger partial charge in [0.25, 0.3) is 5.91 Å². The summed E-state index contributed by atoms with van der Waals surface area (Å²) in [7, 11) is 0. The molecule has 1 aliphatic carbocycles. The van der Waals surface area contributed by atoms with Gasteiger partial charge in [0.2, 0.25) is 5.89 Å². The smallest absolute Gasteiger partial charge is 0.422 e. The fourth-order valence-corrected chi connectivity index (χ4v) is 2.91. The summed E-state index contributed by atoms with van der Waals surface area (Å²) in [6, 6.07) is 1.07. The minimum atomic E-state index is -4.53. The molecule has 1 N–H and O–H groups in total. The number of carbonyl (C=O) groups is 1. The van der Waals surface area contributed by atoms with E-state index in [4.69, 9.17) is 16.1 Å². The van der Waals surface area contributed by atoms with E-state index in [1.165, 1.54) is 0 Å². The molecule has 2 aromatic rings. The van der Waals surface area contributed by atoms with Crippen molar-refractivity contribution in [2.45, 2.75) is 44.8 Å². The van der Waals surface area contributed by atoms with Gasteiger partial charge in [-0.1, -0.05) is 29.6 Å². The molecule has 1 atom stereocenters. The van der Waals surface area contributed by atoms with Crippen molar-refractivity contribution in [2.24, 2.45) is 5.92 Å². The van der Waals surface area contributed by atoms with Crippen molar-refractivity contribution in [3.63, 3.8) is 0 Å². The van der Waals surface area contributed by atoms with E-state index in [0.29, 0.717) is 24.1 Å². The molecule has 3 rings (SSSR count). The molecule has 0 unspecified atom stereocenters. The van der Waals surface area contributed by atoms with Gasteiger partial charge in [0, 0.05) is 13.0 Å². The summed E-state index contributed by atoms with van der Waals surface area (Å²) in [6.07, 6.45) is -0.788. The second kappa shape index (κ2) is 7.57. The Labute approximate surface area is 163 Å². The van der Waals surface area contributed by atoms with Crippen LogP contribution in [0.3, 0.4) is 0 Å². The van der Waals surface area contributed by atoms with Crippen LogP contribution in [0.25, 0.3) is 0 Å². The molecule has 0 aliphatic heterocycles. The van der Waals surface area contributed by atoms with Crippen LogP contribution in [-0.4, -0.2) is 33.8 Å². The minimum absolute atomic E-state index is 0.129. The lowest BCUT2D eigenvalue weighted by atomic mass is 9.93. The van der Waals surface area contributed by atoms with Crippen molar-refractivity contribution < 1.29 is 27.2 Å². The molecule has 0 radical (unpaired) electrons. The molecule has 0 aromatic carbocycles. The molecule has 0 bridgehead atoms. The maximum Gasteiger partial charge on any atom is 0.422 e. The lowest BCUT2D eigenvalue weighted by Gasteiger charge is -2.27. The zero-order chi connectivity index (χ0) is 20.5. The number of nitrogens with one attached hydrogen (secondary N) is 1. The predicted octanol–water partition coefficient (Wildman–Crippen LogP) is 3.81. The molecule has 0 saturated heterocycles. The van der Waals surface area contributed by atoms with Crippen molar-refractivity contribution >= 4 is 17.5 Å². The van der Waals surface area contributed by atoms with Gasteiger partial charge in [-0.25, -0.2) is 4.98 Å². The average Bonchev–Trinajstić information content (AvgIpc) is 3.29. The summed E-state index contributed by atoms with van der Waals surface area (Å²) >= 11 is 5.82. The number of hydrogen-bond acceptors (Lipinski definition) is 6. The molecule has 1 aliphatic rings. The Kier molecular flexibility index (Phi) is 5.51. The summed E-state index contributed by atoms with van der Waals surface area (Å²) in [5.41, 5.74) is -1.05. The number of pyridine rings is 1. The monoisotopic (exact) mass is 418 g/mol. The number of ether oxygens (including phenoxy) is 1. The lowest BCUT2D eigenvalue weighted by molar-refractivity contribution is -0.153. The van der Waals surface area contributed by atoms with Crippen molar-refractivity contribution in [3.8, 4) is 5.75 Å². The molecule has 152 valence electrons. The summed E-state index contributed by atoms with van der Waals surface area (Å²) in [5, 5.41) is 6.60. The first-order valence-corrected chi connectivity index (χ1v) is 8.92. The maximum absolute atomic E-state index is 12.7. The van der Waals surface area contributed by atoms with Crippen molar-refractivity contribution in [2.75, 3.05) is 6.61 Å². The van der Waals surface area contributed by atoms with E-state index in [2.05, 4.69) is 25.2 Å².